The smallest absolute Gasteiger partial charge is 0.251 e. The maximum absolute atomic E-state index is 12.9. The number of nitrogens with one attached hydrogen (secondary N) is 1. The Morgan fingerprint density at radius 3 is 2.18 bits per heavy atom. The van der Waals surface area contributed by atoms with Gasteiger partial charge in [-0.05, 0) is 68.1 Å². The number of carbonyl (C=O) groups is 1. The molecule has 8 nitrogen and oxygen atoms in total. The zero-order valence-electron chi connectivity index (χ0n) is 20.1. The minimum absolute atomic E-state index is 0.106. The van der Waals surface area contributed by atoms with Crippen LogP contribution in [0.2, 0.25) is 0 Å². The van der Waals surface area contributed by atoms with E-state index in [1.54, 1.807) is 42.5 Å². The van der Waals surface area contributed by atoms with E-state index < -0.39 is 10.0 Å². The summed E-state index contributed by atoms with van der Waals surface area (Å²) in [5.41, 5.74) is 0.489. The van der Waals surface area contributed by atoms with Crippen LogP contribution >= 0.6 is 0 Å². The SMILES string of the molecule is CCCOc1ccc(C(=O)NC2CCN(S(=O)(=O)c3ccc(OC)cc3)CC2)cc1OCCC. The van der Waals surface area contributed by atoms with E-state index in [1.165, 1.54) is 11.4 Å². The van der Waals surface area contributed by atoms with Gasteiger partial charge in [0.2, 0.25) is 10.0 Å². The van der Waals surface area contributed by atoms with Crippen LogP contribution in [0, 0.1) is 0 Å². The Morgan fingerprint density at radius 2 is 1.59 bits per heavy atom. The van der Waals surface area contributed by atoms with Gasteiger partial charge in [-0.3, -0.25) is 4.79 Å². The first-order valence-corrected chi connectivity index (χ1v) is 13.2. The molecule has 9 heteroatoms. The fourth-order valence-electron chi connectivity index (χ4n) is 3.71. The van der Waals surface area contributed by atoms with Crippen LogP contribution in [0.1, 0.15) is 49.9 Å². The molecule has 1 aliphatic heterocycles. The Kier molecular flexibility index (Phi) is 9.18. The first-order chi connectivity index (χ1) is 16.4. The zero-order valence-corrected chi connectivity index (χ0v) is 20.9. The predicted octanol–water partition coefficient (Wildman–Crippen LogP) is 3.86. The van der Waals surface area contributed by atoms with E-state index in [1.807, 2.05) is 13.8 Å². The molecule has 0 unspecified atom stereocenters. The second-order valence-electron chi connectivity index (χ2n) is 8.19. The first-order valence-electron chi connectivity index (χ1n) is 11.7. The number of benzene rings is 2. The molecule has 0 saturated carbocycles. The zero-order chi connectivity index (χ0) is 24.6. The molecule has 1 amide bonds. The maximum Gasteiger partial charge on any atom is 0.251 e. The Hall–Kier alpha value is -2.78. The molecular weight excluding hydrogens is 456 g/mol. The largest absolute Gasteiger partial charge is 0.497 e. The molecule has 186 valence electrons. The Balaban J connectivity index is 1.60. The maximum atomic E-state index is 12.9. The van der Waals surface area contributed by atoms with Gasteiger partial charge < -0.3 is 19.5 Å². The summed E-state index contributed by atoms with van der Waals surface area (Å²) in [4.78, 5) is 13.1. The van der Waals surface area contributed by atoms with Crippen molar-refractivity contribution in [2.45, 2.75) is 50.5 Å². The van der Waals surface area contributed by atoms with Crippen molar-refractivity contribution in [2.24, 2.45) is 0 Å². The van der Waals surface area contributed by atoms with Crippen molar-refractivity contribution in [1.82, 2.24) is 9.62 Å². The van der Waals surface area contributed by atoms with E-state index in [2.05, 4.69) is 5.32 Å². The number of nitrogens with zero attached hydrogens (tertiary/aromatic N) is 1. The monoisotopic (exact) mass is 490 g/mol. The van der Waals surface area contributed by atoms with E-state index in [9.17, 15) is 13.2 Å². The van der Waals surface area contributed by atoms with Gasteiger partial charge in [-0.25, -0.2) is 8.42 Å². The average molecular weight is 491 g/mol. The Morgan fingerprint density at radius 1 is 0.971 bits per heavy atom. The summed E-state index contributed by atoms with van der Waals surface area (Å²) in [6.07, 6.45) is 2.81. The summed E-state index contributed by atoms with van der Waals surface area (Å²) >= 11 is 0. The molecule has 2 aromatic rings. The van der Waals surface area contributed by atoms with Gasteiger partial charge in [0.05, 0.1) is 25.2 Å². The first kappa shape index (κ1) is 25.8. The fraction of sp³-hybridized carbons (Fsp3) is 0.480. The number of rotatable bonds is 11. The number of ether oxygens (including phenoxy) is 3. The van der Waals surface area contributed by atoms with Crippen LogP contribution < -0.4 is 19.5 Å². The van der Waals surface area contributed by atoms with Gasteiger partial charge in [0.15, 0.2) is 11.5 Å². The third kappa shape index (κ3) is 6.42. The minimum Gasteiger partial charge on any atom is -0.497 e. The van der Waals surface area contributed by atoms with Gasteiger partial charge in [-0.2, -0.15) is 4.31 Å². The molecule has 1 aliphatic rings. The summed E-state index contributed by atoms with van der Waals surface area (Å²) in [6, 6.07) is 11.5. The molecule has 0 bridgehead atoms. The standard InChI is InChI=1S/C25H34N2O6S/c1-4-16-32-23-11-6-19(18-24(23)33-17-5-2)25(28)26-20-12-14-27(15-13-20)34(29,30)22-9-7-21(31-3)8-10-22/h6-11,18,20H,4-5,12-17H2,1-3H3,(H,26,28). The van der Waals surface area contributed by atoms with Crippen molar-refractivity contribution in [3.63, 3.8) is 0 Å². The van der Waals surface area contributed by atoms with Crippen LogP contribution in [0.5, 0.6) is 17.2 Å². The molecule has 0 aliphatic carbocycles. The number of amides is 1. The summed E-state index contributed by atoms with van der Waals surface area (Å²) in [7, 11) is -2.05. The number of piperidine rings is 1. The van der Waals surface area contributed by atoms with Crippen LogP contribution in [0.15, 0.2) is 47.4 Å². The third-order valence-corrected chi connectivity index (χ3v) is 7.53. The van der Waals surface area contributed by atoms with Crippen LogP contribution in [0.25, 0.3) is 0 Å². The summed E-state index contributed by atoms with van der Waals surface area (Å²) < 4.78 is 44.0. The van der Waals surface area contributed by atoms with Crippen molar-refractivity contribution < 1.29 is 27.4 Å². The molecule has 1 fully saturated rings. The number of hydrogen-bond acceptors (Lipinski definition) is 6. The highest BCUT2D eigenvalue weighted by Gasteiger charge is 2.30. The number of sulfonamides is 1. The highest BCUT2D eigenvalue weighted by molar-refractivity contribution is 7.89. The van der Waals surface area contributed by atoms with Crippen molar-refractivity contribution >= 4 is 15.9 Å². The van der Waals surface area contributed by atoms with Crippen molar-refractivity contribution in [3.8, 4) is 17.2 Å². The second kappa shape index (κ2) is 12.1. The lowest BCUT2D eigenvalue weighted by Crippen LogP contribution is -2.46. The molecular formula is C25H34N2O6S. The van der Waals surface area contributed by atoms with E-state index >= 15 is 0 Å². The lowest BCUT2D eigenvalue weighted by molar-refractivity contribution is 0.0923. The molecule has 0 spiro atoms. The predicted molar refractivity (Wildman–Crippen MR) is 130 cm³/mol. The molecule has 1 saturated heterocycles. The fourth-order valence-corrected chi connectivity index (χ4v) is 5.18. The van der Waals surface area contributed by atoms with Crippen molar-refractivity contribution in [3.05, 3.63) is 48.0 Å². The summed E-state index contributed by atoms with van der Waals surface area (Å²) in [6.45, 7) is 5.84. The second-order valence-corrected chi connectivity index (χ2v) is 10.1. The number of carbonyl (C=O) groups excluding carboxylic acids is 1. The molecule has 1 heterocycles. The van der Waals surface area contributed by atoms with E-state index in [0.717, 1.165) is 12.8 Å². The molecule has 0 atom stereocenters. The highest BCUT2D eigenvalue weighted by Crippen LogP contribution is 2.29. The Labute approximate surface area is 202 Å². The van der Waals surface area contributed by atoms with Crippen LogP contribution in [-0.2, 0) is 10.0 Å². The van der Waals surface area contributed by atoms with Crippen LogP contribution in [0.4, 0.5) is 0 Å². The summed E-state index contributed by atoms with van der Waals surface area (Å²) in [5, 5.41) is 3.03. The van der Waals surface area contributed by atoms with Crippen molar-refractivity contribution in [1.29, 1.82) is 0 Å². The van der Waals surface area contributed by atoms with Crippen molar-refractivity contribution in [2.75, 3.05) is 33.4 Å². The molecule has 1 N–H and O–H groups in total. The lowest BCUT2D eigenvalue weighted by Gasteiger charge is -2.31. The number of methoxy groups -OCH3 is 1. The van der Waals surface area contributed by atoms with Gasteiger partial charge in [0.25, 0.3) is 5.91 Å². The third-order valence-electron chi connectivity index (χ3n) is 5.62. The van der Waals surface area contributed by atoms with E-state index in [0.29, 0.717) is 62.0 Å². The minimum atomic E-state index is -3.58. The Bertz CT molecular complexity index is 1050. The topological polar surface area (TPSA) is 94.2 Å². The van der Waals surface area contributed by atoms with Gasteiger partial charge in [0, 0.05) is 24.7 Å². The summed E-state index contributed by atoms with van der Waals surface area (Å²) in [5.74, 6) is 1.58. The average Bonchev–Trinajstić information content (AvgIpc) is 2.86. The highest BCUT2D eigenvalue weighted by atomic mass is 32.2. The van der Waals surface area contributed by atoms with E-state index in [-0.39, 0.29) is 16.8 Å². The number of hydrogen-bond donors (Lipinski definition) is 1. The van der Waals surface area contributed by atoms with Gasteiger partial charge in [-0.1, -0.05) is 13.8 Å². The van der Waals surface area contributed by atoms with Gasteiger partial charge in [-0.15, -0.1) is 0 Å². The van der Waals surface area contributed by atoms with Gasteiger partial charge in [0.1, 0.15) is 5.75 Å². The van der Waals surface area contributed by atoms with Crippen LogP contribution in [0.3, 0.4) is 0 Å². The molecule has 34 heavy (non-hydrogen) atoms. The molecule has 0 radical (unpaired) electrons. The quantitative estimate of drug-likeness (QED) is 0.514. The molecule has 2 aromatic carbocycles. The van der Waals surface area contributed by atoms with Crippen LogP contribution in [-0.4, -0.2) is 58.1 Å². The normalized spacial score (nSPS) is 15.0. The molecule has 0 aromatic heterocycles. The molecule has 3 rings (SSSR count). The lowest BCUT2D eigenvalue weighted by atomic mass is 10.1. The van der Waals surface area contributed by atoms with Gasteiger partial charge >= 0.3 is 0 Å². The van der Waals surface area contributed by atoms with E-state index in [4.69, 9.17) is 14.2 Å².